The van der Waals surface area contributed by atoms with Crippen molar-refractivity contribution in [2.45, 2.75) is 38.6 Å². The Morgan fingerprint density at radius 1 is 1.55 bits per heavy atom. The van der Waals surface area contributed by atoms with Gasteiger partial charge in [0.15, 0.2) is 0 Å². The smallest absolute Gasteiger partial charge is 0.254 e. The second-order valence-electron chi connectivity index (χ2n) is 5.04. The minimum Gasteiger partial charge on any atom is -0.395 e. The number of amides is 1. The molecule has 1 fully saturated rings. The summed E-state index contributed by atoms with van der Waals surface area (Å²) in [6.45, 7) is 2.34. The molecule has 1 heterocycles. The van der Waals surface area contributed by atoms with Crippen LogP contribution in [-0.2, 0) is 6.42 Å². The molecule has 1 aromatic rings. The Hall–Kier alpha value is -1.66. The third kappa shape index (κ3) is 3.08. The predicted octanol–water partition coefficient (Wildman–Crippen LogP) is 0.917. The van der Waals surface area contributed by atoms with E-state index >= 15 is 0 Å². The lowest BCUT2D eigenvalue weighted by molar-refractivity contribution is 0.0525. The van der Waals surface area contributed by atoms with Gasteiger partial charge in [-0.3, -0.25) is 4.79 Å². The van der Waals surface area contributed by atoms with E-state index < -0.39 is 0 Å². The van der Waals surface area contributed by atoms with Crippen molar-refractivity contribution in [3.05, 3.63) is 23.4 Å². The lowest BCUT2D eigenvalue weighted by Crippen LogP contribution is -2.45. The number of hydrogen-bond donors (Lipinski definition) is 3. The molecule has 110 valence electrons. The minimum absolute atomic E-state index is 0.0179. The molecule has 0 unspecified atom stereocenters. The molecule has 0 saturated heterocycles. The zero-order chi connectivity index (χ0) is 14.5. The largest absolute Gasteiger partial charge is 0.395 e. The zero-order valence-corrected chi connectivity index (χ0v) is 11.8. The highest BCUT2D eigenvalue weighted by atomic mass is 16.3. The molecule has 0 radical (unpaired) electrons. The van der Waals surface area contributed by atoms with Crippen LogP contribution in [0.2, 0.25) is 0 Å². The fraction of sp³-hybridized carbons (Fsp3) is 0.571. The molecule has 4 N–H and O–H groups in total. The first kappa shape index (κ1) is 14.7. The molecule has 0 aromatic carbocycles. The number of carbonyl (C=O) groups is 1. The quantitative estimate of drug-likeness (QED) is 0.531. The molecule has 20 heavy (non-hydrogen) atoms. The minimum atomic E-state index is -0.0580. The number of anilines is 1. The number of pyridine rings is 1. The van der Waals surface area contributed by atoms with Crippen LogP contribution < -0.4 is 11.3 Å². The van der Waals surface area contributed by atoms with Gasteiger partial charge in [0.2, 0.25) is 0 Å². The summed E-state index contributed by atoms with van der Waals surface area (Å²) in [5.74, 6) is 5.83. The average molecular weight is 278 g/mol. The van der Waals surface area contributed by atoms with Gasteiger partial charge in [0.05, 0.1) is 6.61 Å². The van der Waals surface area contributed by atoms with Crippen molar-refractivity contribution in [2.75, 3.05) is 18.6 Å². The lowest BCUT2D eigenvalue weighted by atomic mass is 9.91. The monoisotopic (exact) mass is 278 g/mol. The highest BCUT2D eigenvalue weighted by Crippen LogP contribution is 2.26. The summed E-state index contributed by atoms with van der Waals surface area (Å²) in [6, 6.07) is 3.71. The molecular formula is C14H22N4O2. The Morgan fingerprint density at radius 3 is 2.80 bits per heavy atom. The van der Waals surface area contributed by atoms with E-state index in [-0.39, 0.29) is 18.6 Å². The van der Waals surface area contributed by atoms with Crippen LogP contribution in [0.25, 0.3) is 0 Å². The SMILES string of the molecule is CCc1cc(C(=O)N(CCO)C2CCC2)cc(NN)n1. The van der Waals surface area contributed by atoms with Crippen LogP contribution in [0.5, 0.6) is 0 Å². The fourth-order valence-corrected chi connectivity index (χ4v) is 2.39. The third-order valence-electron chi connectivity index (χ3n) is 3.75. The summed E-state index contributed by atoms with van der Waals surface area (Å²) in [5.41, 5.74) is 3.89. The Balaban J connectivity index is 2.25. The molecule has 0 bridgehead atoms. The molecule has 1 saturated carbocycles. The number of nitrogens with zero attached hydrogens (tertiary/aromatic N) is 2. The first-order valence-corrected chi connectivity index (χ1v) is 7.09. The van der Waals surface area contributed by atoms with Gasteiger partial charge in [0.1, 0.15) is 5.82 Å². The summed E-state index contributed by atoms with van der Waals surface area (Å²) in [4.78, 5) is 18.7. The molecule has 0 aliphatic heterocycles. The van der Waals surface area contributed by atoms with E-state index in [4.69, 9.17) is 10.9 Å². The average Bonchev–Trinajstić information content (AvgIpc) is 2.43. The molecule has 1 aromatic heterocycles. The number of rotatable bonds is 6. The third-order valence-corrected chi connectivity index (χ3v) is 3.75. The van der Waals surface area contributed by atoms with Crippen LogP contribution in [0.3, 0.4) is 0 Å². The van der Waals surface area contributed by atoms with Crippen molar-refractivity contribution >= 4 is 11.7 Å². The number of aliphatic hydroxyl groups is 1. The predicted molar refractivity (Wildman–Crippen MR) is 77.2 cm³/mol. The maximum Gasteiger partial charge on any atom is 0.254 e. The Kier molecular flexibility index (Phi) is 4.92. The number of nitrogens with two attached hydrogens (primary N) is 1. The van der Waals surface area contributed by atoms with Gasteiger partial charge < -0.3 is 15.4 Å². The van der Waals surface area contributed by atoms with Gasteiger partial charge >= 0.3 is 0 Å². The van der Waals surface area contributed by atoms with Gasteiger partial charge in [-0.1, -0.05) is 6.92 Å². The van der Waals surface area contributed by atoms with Gasteiger partial charge in [-0.2, -0.15) is 0 Å². The second-order valence-corrected chi connectivity index (χ2v) is 5.04. The van der Waals surface area contributed by atoms with Crippen LogP contribution in [-0.4, -0.2) is 40.1 Å². The van der Waals surface area contributed by atoms with Crippen LogP contribution in [0, 0.1) is 0 Å². The lowest BCUT2D eigenvalue weighted by Gasteiger charge is -2.37. The topological polar surface area (TPSA) is 91.5 Å². The van der Waals surface area contributed by atoms with Gasteiger partial charge in [-0.25, -0.2) is 10.8 Å². The zero-order valence-electron chi connectivity index (χ0n) is 11.8. The van der Waals surface area contributed by atoms with Crippen LogP contribution in [0.1, 0.15) is 42.2 Å². The fourth-order valence-electron chi connectivity index (χ4n) is 2.39. The number of aryl methyl sites for hydroxylation is 1. The van der Waals surface area contributed by atoms with Crippen molar-refractivity contribution in [1.29, 1.82) is 0 Å². The van der Waals surface area contributed by atoms with Crippen molar-refractivity contribution in [3.8, 4) is 0 Å². The van der Waals surface area contributed by atoms with Crippen molar-refractivity contribution in [1.82, 2.24) is 9.88 Å². The van der Waals surface area contributed by atoms with Gasteiger partial charge in [0.25, 0.3) is 5.91 Å². The number of aliphatic hydroxyl groups excluding tert-OH is 1. The van der Waals surface area contributed by atoms with E-state index in [0.29, 0.717) is 17.9 Å². The first-order chi connectivity index (χ1) is 9.69. The molecule has 1 aliphatic rings. The summed E-state index contributed by atoms with van der Waals surface area (Å²) in [6.07, 6.45) is 3.91. The number of aromatic nitrogens is 1. The van der Waals surface area contributed by atoms with Crippen LogP contribution in [0.15, 0.2) is 12.1 Å². The normalized spacial score (nSPS) is 14.8. The highest BCUT2D eigenvalue weighted by molar-refractivity contribution is 5.95. The van der Waals surface area contributed by atoms with Crippen LogP contribution in [0.4, 0.5) is 5.82 Å². The van der Waals surface area contributed by atoms with Gasteiger partial charge in [0, 0.05) is 23.8 Å². The Labute approximate surface area is 119 Å². The number of hydrogen-bond acceptors (Lipinski definition) is 5. The highest BCUT2D eigenvalue weighted by Gasteiger charge is 2.29. The number of nitrogens with one attached hydrogen (secondary N) is 1. The summed E-state index contributed by atoms with van der Waals surface area (Å²) < 4.78 is 0. The summed E-state index contributed by atoms with van der Waals surface area (Å²) in [7, 11) is 0. The summed E-state index contributed by atoms with van der Waals surface area (Å²) >= 11 is 0. The molecule has 6 nitrogen and oxygen atoms in total. The molecular weight excluding hydrogens is 256 g/mol. The molecule has 2 rings (SSSR count). The Bertz CT molecular complexity index is 452. The van der Waals surface area contributed by atoms with Crippen molar-refractivity contribution in [2.24, 2.45) is 5.84 Å². The maximum absolute atomic E-state index is 12.6. The van der Waals surface area contributed by atoms with E-state index in [2.05, 4.69) is 10.4 Å². The van der Waals surface area contributed by atoms with E-state index in [1.54, 1.807) is 17.0 Å². The second kappa shape index (κ2) is 6.67. The van der Waals surface area contributed by atoms with Gasteiger partial charge in [-0.05, 0) is 37.8 Å². The van der Waals surface area contributed by atoms with E-state index in [9.17, 15) is 4.79 Å². The molecule has 1 aliphatic carbocycles. The molecule has 0 atom stereocenters. The maximum atomic E-state index is 12.6. The molecule has 0 spiro atoms. The van der Waals surface area contributed by atoms with E-state index in [1.165, 1.54) is 0 Å². The molecule has 6 heteroatoms. The van der Waals surface area contributed by atoms with Crippen molar-refractivity contribution in [3.63, 3.8) is 0 Å². The van der Waals surface area contributed by atoms with Crippen LogP contribution >= 0.6 is 0 Å². The van der Waals surface area contributed by atoms with E-state index in [0.717, 1.165) is 31.4 Å². The Morgan fingerprint density at radius 2 is 2.30 bits per heavy atom. The summed E-state index contributed by atoms with van der Waals surface area (Å²) in [5, 5.41) is 9.16. The number of carbonyl (C=O) groups excluding carboxylic acids is 1. The molecule has 1 amide bonds. The number of nitrogen functional groups attached to an aromatic ring is 1. The number of hydrazine groups is 1. The van der Waals surface area contributed by atoms with Gasteiger partial charge in [-0.15, -0.1) is 0 Å². The first-order valence-electron chi connectivity index (χ1n) is 7.09. The van der Waals surface area contributed by atoms with E-state index in [1.807, 2.05) is 6.92 Å². The standard InChI is InChI=1S/C14H22N4O2/c1-2-11-8-10(9-13(16-11)17-15)14(20)18(6-7-19)12-4-3-5-12/h8-9,12,19H,2-7,15H2,1H3,(H,16,17). The van der Waals surface area contributed by atoms with Crippen molar-refractivity contribution < 1.29 is 9.90 Å².